The molecule has 0 unspecified atom stereocenters. The number of aromatic nitrogens is 1. The lowest BCUT2D eigenvalue weighted by atomic mass is 9.90. The molecule has 1 saturated heterocycles. The molecule has 6 heteroatoms. The van der Waals surface area contributed by atoms with Crippen LogP contribution in [0.4, 0.5) is 4.39 Å². The molecule has 1 aliphatic heterocycles. The van der Waals surface area contributed by atoms with E-state index < -0.39 is 0 Å². The summed E-state index contributed by atoms with van der Waals surface area (Å²) in [6.45, 7) is 7.08. The van der Waals surface area contributed by atoms with Crippen LogP contribution in [0.1, 0.15) is 51.3 Å². The van der Waals surface area contributed by atoms with Gasteiger partial charge in [0.25, 0.3) is 5.91 Å². The Kier molecular flexibility index (Phi) is 8.33. The molecule has 0 spiro atoms. The maximum absolute atomic E-state index is 13.3. The van der Waals surface area contributed by atoms with Crippen LogP contribution in [0, 0.1) is 25.6 Å². The SMILES string of the molecule is Cc1cc(/C=N/NC(=O)c2ccc(CN3CCC(Cc4ccccc4)CC3)cc2)c(C)n1-c1ccc(F)cc1. The molecule has 200 valence electrons. The van der Waals surface area contributed by atoms with Crippen LogP contribution in [-0.4, -0.2) is 34.7 Å². The van der Waals surface area contributed by atoms with Gasteiger partial charge in [-0.05, 0) is 106 Å². The van der Waals surface area contributed by atoms with Crippen LogP contribution >= 0.6 is 0 Å². The van der Waals surface area contributed by atoms with E-state index in [0.717, 1.165) is 48.2 Å². The van der Waals surface area contributed by atoms with E-state index in [2.05, 4.69) is 45.8 Å². The Labute approximate surface area is 230 Å². The number of amides is 1. The number of carbonyl (C=O) groups excluding carboxylic acids is 1. The fraction of sp³-hybridized carbons (Fsp3) is 0.273. The summed E-state index contributed by atoms with van der Waals surface area (Å²) in [5.74, 6) is 0.245. The maximum atomic E-state index is 13.3. The van der Waals surface area contributed by atoms with Gasteiger partial charge in [0.1, 0.15) is 5.82 Å². The van der Waals surface area contributed by atoms with Crippen LogP contribution in [0.2, 0.25) is 0 Å². The first kappa shape index (κ1) is 26.6. The van der Waals surface area contributed by atoms with Crippen LogP contribution in [0.5, 0.6) is 0 Å². The molecular formula is C33H35FN4O. The molecule has 4 aromatic rings. The molecule has 0 atom stereocenters. The van der Waals surface area contributed by atoms with E-state index in [0.29, 0.717) is 5.56 Å². The molecule has 0 saturated carbocycles. The second-order valence-electron chi connectivity index (χ2n) is 10.4. The largest absolute Gasteiger partial charge is 0.318 e. The third kappa shape index (κ3) is 6.70. The molecule has 2 heterocycles. The van der Waals surface area contributed by atoms with Crippen LogP contribution in [0.3, 0.4) is 0 Å². The van der Waals surface area contributed by atoms with Gasteiger partial charge in [-0.1, -0.05) is 42.5 Å². The first-order valence-corrected chi connectivity index (χ1v) is 13.6. The van der Waals surface area contributed by atoms with Gasteiger partial charge in [-0.15, -0.1) is 0 Å². The van der Waals surface area contributed by atoms with Gasteiger partial charge < -0.3 is 4.57 Å². The normalized spacial score (nSPS) is 14.6. The third-order valence-electron chi connectivity index (χ3n) is 7.62. The van der Waals surface area contributed by atoms with E-state index in [4.69, 9.17) is 0 Å². The predicted molar refractivity (Wildman–Crippen MR) is 155 cm³/mol. The van der Waals surface area contributed by atoms with Crippen molar-refractivity contribution >= 4 is 12.1 Å². The quantitative estimate of drug-likeness (QED) is 0.214. The molecule has 5 rings (SSSR count). The number of aryl methyl sites for hydroxylation is 1. The molecule has 0 aliphatic carbocycles. The second kappa shape index (κ2) is 12.2. The van der Waals surface area contributed by atoms with E-state index >= 15 is 0 Å². The Morgan fingerprint density at radius 1 is 0.949 bits per heavy atom. The Bertz CT molecular complexity index is 1420. The Morgan fingerprint density at radius 2 is 1.64 bits per heavy atom. The molecule has 1 amide bonds. The summed E-state index contributed by atoms with van der Waals surface area (Å²) in [7, 11) is 0. The van der Waals surface area contributed by atoms with Gasteiger partial charge in [0.05, 0.1) is 6.21 Å². The molecule has 1 aromatic heterocycles. The summed E-state index contributed by atoms with van der Waals surface area (Å²) in [6, 6.07) is 26.9. The zero-order chi connectivity index (χ0) is 27.2. The minimum Gasteiger partial charge on any atom is -0.318 e. The number of carbonyl (C=O) groups is 1. The van der Waals surface area contributed by atoms with Gasteiger partial charge in [-0.2, -0.15) is 5.10 Å². The van der Waals surface area contributed by atoms with Crippen molar-refractivity contribution in [3.8, 4) is 5.69 Å². The zero-order valence-corrected chi connectivity index (χ0v) is 22.6. The van der Waals surface area contributed by atoms with E-state index in [-0.39, 0.29) is 11.7 Å². The van der Waals surface area contributed by atoms with Crippen molar-refractivity contribution in [2.45, 2.75) is 39.7 Å². The van der Waals surface area contributed by atoms with Crippen molar-refractivity contribution in [1.82, 2.24) is 14.9 Å². The lowest BCUT2D eigenvalue weighted by Crippen LogP contribution is -2.33. The molecule has 3 aromatic carbocycles. The number of hydrogen-bond donors (Lipinski definition) is 1. The molecule has 5 nitrogen and oxygen atoms in total. The smallest absolute Gasteiger partial charge is 0.271 e. The molecule has 1 fully saturated rings. The highest BCUT2D eigenvalue weighted by Crippen LogP contribution is 2.23. The van der Waals surface area contributed by atoms with Gasteiger partial charge in [-0.3, -0.25) is 9.69 Å². The minimum atomic E-state index is -0.266. The highest BCUT2D eigenvalue weighted by atomic mass is 19.1. The molecule has 1 aliphatic rings. The summed E-state index contributed by atoms with van der Waals surface area (Å²) in [5, 5.41) is 4.19. The number of nitrogens with zero attached hydrogens (tertiary/aromatic N) is 3. The van der Waals surface area contributed by atoms with E-state index in [1.165, 1.54) is 42.5 Å². The number of piperidine rings is 1. The van der Waals surface area contributed by atoms with Crippen molar-refractivity contribution in [2.75, 3.05) is 13.1 Å². The van der Waals surface area contributed by atoms with Crippen molar-refractivity contribution in [2.24, 2.45) is 11.0 Å². The average Bonchev–Trinajstić information content (AvgIpc) is 3.23. The predicted octanol–water partition coefficient (Wildman–Crippen LogP) is 6.45. The topological polar surface area (TPSA) is 49.6 Å². The summed E-state index contributed by atoms with van der Waals surface area (Å²) in [4.78, 5) is 15.2. The van der Waals surface area contributed by atoms with Gasteiger partial charge in [0.2, 0.25) is 0 Å². The second-order valence-corrected chi connectivity index (χ2v) is 10.4. The van der Waals surface area contributed by atoms with Gasteiger partial charge >= 0.3 is 0 Å². The van der Waals surface area contributed by atoms with Crippen LogP contribution in [0.25, 0.3) is 5.69 Å². The number of nitrogens with one attached hydrogen (secondary N) is 1. The summed E-state index contributed by atoms with van der Waals surface area (Å²) in [6.07, 6.45) is 5.26. The first-order valence-electron chi connectivity index (χ1n) is 13.6. The number of likely N-dealkylation sites (tertiary alicyclic amines) is 1. The molecular weight excluding hydrogens is 487 g/mol. The van der Waals surface area contributed by atoms with E-state index in [9.17, 15) is 9.18 Å². The highest BCUT2D eigenvalue weighted by molar-refractivity contribution is 5.95. The number of benzene rings is 3. The number of hydrazone groups is 1. The fourth-order valence-corrected chi connectivity index (χ4v) is 5.45. The summed E-state index contributed by atoms with van der Waals surface area (Å²) >= 11 is 0. The average molecular weight is 523 g/mol. The standard InChI is InChI=1S/C33H35FN4O/c1-24-20-30(25(2)38(24)32-14-12-31(34)13-15-32)22-35-36-33(39)29-10-8-28(9-11-29)23-37-18-16-27(17-19-37)21-26-6-4-3-5-7-26/h3-15,20,22,27H,16-19,21,23H2,1-2H3,(H,36,39)/b35-22+. The number of rotatable bonds is 8. The summed E-state index contributed by atoms with van der Waals surface area (Å²) < 4.78 is 15.4. The van der Waals surface area contributed by atoms with Crippen LogP contribution in [0.15, 0.2) is 90.0 Å². The zero-order valence-electron chi connectivity index (χ0n) is 22.6. The Morgan fingerprint density at radius 3 is 2.33 bits per heavy atom. The van der Waals surface area contributed by atoms with Gasteiger partial charge in [0, 0.05) is 34.7 Å². The van der Waals surface area contributed by atoms with Crippen molar-refractivity contribution in [1.29, 1.82) is 0 Å². The Balaban J connectivity index is 1.11. The first-order chi connectivity index (χ1) is 19.0. The summed E-state index contributed by atoms with van der Waals surface area (Å²) in [5.41, 5.74) is 9.60. The molecule has 0 bridgehead atoms. The van der Waals surface area contributed by atoms with E-state index in [1.807, 2.05) is 48.7 Å². The lowest BCUT2D eigenvalue weighted by molar-refractivity contribution is 0.0955. The minimum absolute atomic E-state index is 0.244. The number of halogens is 1. The maximum Gasteiger partial charge on any atom is 0.271 e. The Hall–Kier alpha value is -4.03. The fourth-order valence-electron chi connectivity index (χ4n) is 5.45. The lowest BCUT2D eigenvalue weighted by Gasteiger charge is -2.32. The third-order valence-corrected chi connectivity index (χ3v) is 7.62. The van der Waals surface area contributed by atoms with Crippen LogP contribution < -0.4 is 5.43 Å². The monoisotopic (exact) mass is 522 g/mol. The van der Waals surface area contributed by atoms with Gasteiger partial charge in [0.15, 0.2) is 0 Å². The molecule has 1 N–H and O–H groups in total. The van der Waals surface area contributed by atoms with Crippen LogP contribution in [-0.2, 0) is 13.0 Å². The van der Waals surface area contributed by atoms with E-state index in [1.54, 1.807) is 18.3 Å². The molecule has 0 radical (unpaired) electrons. The highest BCUT2D eigenvalue weighted by Gasteiger charge is 2.19. The molecule has 39 heavy (non-hydrogen) atoms. The van der Waals surface area contributed by atoms with Gasteiger partial charge in [-0.25, -0.2) is 9.82 Å². The van der Waals surface area contributed by atoms with Crippen molar-refractivity contribution in [3.05, 3.63) is 124 Å². The van der Waals surface area contributed by atoms with Crippen molar-refractivity contribution in [3.63, 3.8) is 0 Å². The number of hydrogen-bond acceptors (Lipinski definition) is 3. The van der Waals surface area contributed by atoms with Crippen molar-refractivity contribution < 1.29 is 9.18 Å².